The number of amides is 2. The van der Waals surface area contributed by atoms with Gasteiger partial charge in [-0.05, 0) is 43.3 Å². The van der Waals surface area contributed by atoms with Crippen molar-refractivity contribution in [2.45, 2.75) is 6.92 Å². The van der Waals surface area contributed by atoms with Gasteiger partial charge in [-0.25, -0.2) is 13.2 Å². The molecule has 9 heteroatoms. The summed E-state index contributed by atoms with van der Waals surface area (Å²) in [5, 5.41) is 4.29. The van der Waals surface area contributed by atoms with Crippen LogP contribution in [0.4, 0.5) is 18.9 Å². The number of nitrogens with one attached hydrogen (secondary N) is 2. The number of carbonyl (C=O) groups excluding carboxylic acids is 2. The average molecular weight is 382 g/mol. The Morgan fingerprint density at radius 3 is 2.15 bits per heavy atom. The SMILES string of the molecule is CCOc1ccc(OCC(=O)NCC(=O)Nc2ccc(F)c(F)c2F)cc1. The highest BCUT2D eigenvalue weighted by atomic mass is 19.2. The minimum Gasteiger partial charge on any atom is -0.494 e. The normalized spacial score (nSPS) is 10.2. The van der Waals surface area contributed by atoms with E-state index in [0.29, 0.717) is 24.2 Å². The van der Waals surface area contributed by atoms with Gasteiger partial charge in [0, 0.05) is 0 Å². The van der Waals surface area contributed by atoms with Crippen molar-refractivity contribution in [2.24, 2.45) is 0 Å². The van der Waals surface area contributed by atoms with E-state index < -0.39 is 41.5 Å². The summed E-state index contributed by atoms with van der Waals surface area (Å²) in [7, 11) is 0. The molecule has 2 aromatic rings. The first-order chi connectivity index (χ1) is 12.9. The molecule has 0 aliphatic rings. The number of anilines is 1. The molecule has 6 nitrogen and oxygen atoms in total. The van der Waals surface area contributed by atoms with Crippen molar-refractivity contribution in [3.05, 3.63) is 53.8 Å². The van der Waals surface area contributed by atoms with Crippen molar-refractivity contribution in [2.75, 3.05) is 25.1 Å². The van der Waals surface area contributed by atoms with Gasteiger partial charge < -0.3 is 20.1 Å². The maximum absolute atomic E-state index is 13.5. The zero-order valence-corrected chi connectivity index (χ0v) is 14.4. The summed E-state index contributed by atoms with van der Waals surface area (Å²) in [6, 6.07) is 8.16. The third-order valence-corrected chi connectivity index (χ3v) is 3.26. The van der Waals surface area contributed by atoms with Crippen molar-refractivity contribution < 1.29 is 32.2 Å². The van der Waals surface area contributed by atoms with Gasteiger partial charge in [-0.1, -0.05) is 0 Å². The van der Waals surface area contributed by atoms with Gasteiger partial charge in [0.15, 0.2) is 24.1 Å². The Bertz CT molecular complexity index is 813. The number of hydrogen-bond donors (Lipinski definition) is 2. The van der Waals surface area contributed by atoms with Crippen molar-refractivity contribution in [3.63, 3.8) is 0 Å². The van der Waals surface area contributed by atoms with Gasteiger partial charge in [-0.2, -0.15) is 0 Å². The summed E-state index contributed by atoms with van der Waals surface area (Å²) in [5.41, 5.74) is -0.529. The van der Waals surface area contributed by atoms with E-state index in [0.717, 1.165) is 6.07 Å². The van der Waals surface area contributed by atoms with Crippen LogP contribution in [-0.2, 0) is 9.59 Å². The predicted molar refractivity (Wildman–Crippen MR) is 91.1 cm³/mol. The van der Waals surface area contributed by atoms with E-state index in [9.17, 15) is 22.8 Å². The van der Waals surface area contributed by atoms with Gasteiger partial charge >= 0.3 is 0 Å². The highest BCUT2D eigenvalue weighted by Gasteiger charge is 2.15. The van der Waals surface area contributed by atoms with E-state index in [1.807, 2.05) is 12.2 Å². The molecule has 0 unspecified atom stereocenters. The number of ether oxygens (including phenoxy) is 2. The topological polar surface area (TPSA) is 76.7 Å². The maximum atomic E-state index is 13.5. The molecule has 0 aliphatic heterocycles. The van der Waals surface area contributed by atoms with Gasteiger partial charge in [-0.15, -0.1) is 0 Å². The zero-order chi connectivity index (χ0) is 19.8. The number of benzene rings is 2. The summed E-state index contributed by atoms with van der Waals surface area (Å²) in [6.07, 6.45) is 0. The highest BCUT2D eigenvalue weighted by Crippen LogP contribution is 2.19. The minimum absolute atomic E-state index is 0.346. The lowest BCUT2D eigenvalue weighted by atomic mass is 10.2. The standard InChI is InChI=1S/C18H17F3N2O4/c1-2-26-11-3-5-12(6-4-11)27-10-16(25)22-9-15(24)23-14-8-7-13(19)17(20)18(14)21/h3-8H,2,9-10H2,1H3,(H,22,25)(H,23,24). The summed E-state index contributed by atoms with van der Waals surface area (Å²) >= 11 is 0. The number of halogens is 3. The molecule has 2 N–H and O–H groups in total. The molecule has 0 saturated carbocycles. The largest absolute Gasteiger partial charge is 0.494 e. The van der Waals surface area contributed by atoms with Crippen LogP contribution >= 0.6 is 0 Å². The van der Waals surface area contributed by atoms with E-state index >= 15 is 0 Å². The summed E-state index contributed by atoms with van der Waals surface area (Å²) in [5.74, 6) is -4.89. The van der Waals surface area contributed by atoms with Crippen LogP contribution in [0.15, 0.2) is 36.4 Å². The van der Waals surface area contributed by atoms with Crippen LogP contribution in [0, 0.1) is 17.5 Å². The fraction of sp³-hybridized carbons (Fsp3) is 0.222. The van der Waals surface area contributed by atoms with Crippen molar-refractivity contribution in [3.8, 4) is 11.5 Å². The second kappa shape index (κ2) is 9.46. The molecule has 144 valence electrons. The molecule has 2 rings (SSSR count). The lowest BCUT2D eigenvalue weighted by Crippen LogP contribution is -2.36. The Kier molecular flexibility index (Phi) is 7.04. The smallest absolute Gasteiger partial charge is 0.258 e. The van der Waals surface area contributed by atoms with Crippen LogP contribution in [0.25, 0.3) is 0 Å². The first-order valence-electron chi connectivity index (χ1n) is 7.96. The van der Waals surface area contributed by atoms with Crippen LogP contribution in [0.1, 0.15) is 6.92 Å². The molecule has 27 heavy (non-hydrogen) atoms. The maximum Gasteiger partial charge on any atom is 0.258 e. The first kappa shape index (κ1) is 20.1. The Morgan fingerprint density at radius 1 is 0.889 bits per heavy atom. The summed E-state index contributed by atoms with van der Waals surface area (Å²) in [4.78, 5) is 23.4. The fourth-order valence-electron chi connectivity index (χ4n) is 1.99. The molecule has 0 radical (unpaired) electrons. The molecule has 0 spiro atoms. The number of rotatable bonds is 8. The van der Waals surface area contributed by atoms with Crippen molar-refractivity contribution in [1.29, 1.82) is 0 Å². The molecular formula is C18H17F3N2O4. The Balaban J connectivity index is 1.76. The Labute approximate surface area is 153 Å². The van der Waals surface area contributed by atoms with E-state index in [4.69, 9.17) is 9.47 Å². The Hall–Kier alpha value is -3.23. The average Bonchev–Trinajstić information content (AvgIpc) is 2.66. The summed E-state index contributed by atoms with van der Waals surface area (Å²) < 4.78 is 49.9. The molecule has 2 amide bonds. The third kappa shape index (κ3) is 5.91. The molecule has 0 aliphatic carbocycles. The van der Waals surface area contributed by atoms with E-state index in [2.05, 4.69) is 5.32 Å². The van der Waals surface area contributed by atoms with E-state index in [1.54, 1.807) is 24.3 Å². The lowest BCUT2D eigenvalue weighted by molar-refractivity contribution is -0.125. The molecule has 0 saturated heterocycles. The van der Waals surface area contributed by atoms with Crippen LogP contribution in [-0.4, -0.2) is 31.6 Å². The molecule has 0 aromatic heterocycles. The van der Waals surface area contributed by atoms with Gasteiger partial charge in [0.05, 0.1) is 18.8 Å². The van der Waals surface area contributed by atoms with Crippen LogP contribution < -0.4 is 20.1 Å². The molecule has 0 heterocycles. The van der Waals surface area contributed by atoms with Crippen LogP contribution in [0.2, 0.25) is 0 Å². The van der Waals surface area contributed by atoms with Crippen LogP contribution in [0.5, 0.6) is 11.5 Å². The van der Waals surface area contributed by atoms with Gasteiger partial charge in [-0.3, -0.25) is 9.59 Å². The second-order valence-corrected chi connectivity index (χ2v) is 5.24. The fourth-order valence-corrected chi connectivity index (χ4v) is 1.99. The van der Waals surface area contributed by atoms with Gasteiger partial charge in [0.25, 0.3) is 5.91 Å². The molecule has 0 atom stereocenters. The quantitative estimate of drug-likeness (QED) is 0.689. The number of carbonyl (C=O) groups is 2. The van der Waals surface area contributed by atoms with E-state index in [1.165, 1.54) is 0 Å². The van der Waals surface area contributed by atoms with Crippen molar-refractivity contribution >= 4 is 17.5 Å². The second-order valence-electron chi connectivity index (χ2n) is 5.24. The molecule has 2 aromatic carbocycles. The zero-order valence-electron chi connectivity index (χ0n) is 14.4. The Morgan fingerprint density at radius 2 is 1.52 bits per heavy atom. The number of hydrogen-bond acceptors (Lipinski definition) is 4. The monoisotopic (exact) mass is 382 g/mol. The summed E-state index contributed by atoms with van der Waals surface area (Å²) in [6.45, 7) is 1.54. The van der Waals surface area contributed by atoms with Gasteiger partial charge in [0.1, 0.15) is 11.5 Å². The molecular weight excluding hydrogens is 365 g/mol. The van der Waals surface area contributed by atoms with Crippen LogP contribution in [0.3, 0.4) is 0 Å². The molecule has 0 fully saturated rings. The first-order valence-corrected chi connectivity index (χ1v) is 7.96. The highest BCUT2D eigenvalue weighted by molar-refractivity contribution is 5.94. The van der Waals surface area contributed by atoms with Gasteiger partial charge in [0.2, 0.25) is 5.91 Å². The van der Waals surface area contributed by atoms with Crippen molar-refractivity contribution in [1.82, 2.24) is 5.32 Å². The predicted octanol–water partition coefficient (Wildman–Crippen LogP) is 2.64. The third-order valence-electron chi connectivity index (χ3n) is 3.26. The van der Waals surface area contributed by atoms with E-state index in [-0.39, 0.29) is 6.61 Å². The molecule has 0 bridgehead atoms. The lowest BCUT2D eigenvalue weighted by Gasteiger charge is -2.10. The minimum atomic E-state index is -1.69.